The van der Waals surface area contributed by atoms with Gasteiger partial charge in [0.25, 0.3) is 0 Å². The van der Waals surface area contributed by atoms with Gasteiger partial charge in [-0.25, -0.2) is 4.98 Å². The predicted molar refractivity (Wildman–Crippen MR) is 75.5 cm³/mol. The van der Waals surface area contributed by atoms with E-state index in [-0.39, 0.29) is 0 Å². The molecule has 0 fully saturated rings. The Hall–Kier alpha value is -1.39. The molecule has 0 saturated heterocycles. The van der Waals surface area contributed by atoms with Gasteiger partial charge in [0.2, 0.25) is 0 Å². The summed E-state index contributed by atoms with van der Waals surface area (Å²) in [6.45, 7) is 4.62. The van der Waals surface area contributed by atoms with Crippen molar-refractivity contribution in [3.63, 3.8) is 0 Å². The van der Waals surface area contributed by atoms with Crippen LogP contribution in [-0.4, -0.2) is 35.1 Å². The summed E-state index contributed by atoms with van der Waals surface area (Å²) in [5, 5.41) is 0. The summed E-state index contributed by atoms with van der Waals surface area (Å²) in [6.07, 6.45) is 0.986. The second kappa shape index (κ2) is 5.50. The molecule has 2 rings (SSSR count). The average molecular weight is 246 g/mol. The first-order valence-electron chi connectivity index (χ1n) is 6.42. The summed E-state index contributed by atoms with van der Waals surface area (Å²) in [4.78, 5) is 6.89. The lowest BCUT2D eigenvalue weighted by Gasteiger charge is -2.12. The van der Waals surface area contributed by atoms with E-state index in [4.69, 9.17) is 10.7 Å². The largest absolute Gasteiger partial charge is 0.330 e. The number of imidazole rings is 1. The number of rotatable bonds is 5. The van der Waals surface area contributed by atoms with Crippen molar-refractivity contribution in [3.05, 3.63) is 29.6 Å². The molecule has 0 aliphatic rings. The third-order valence-corrected chi connectivity index (χ3v) is 3.03. The quantitative estimate of drug-likeness (QED) is 0.874. The molecule has 0 radical (unpaired) electrons. The Morgan fingerprint density at radius 1 is 1.33 bits per heavy atom. The van der Waals surface area contributed by atoms with Crippen LogP contribution in [0.4, 0.5) is 0 Å². The van der Waals surface area contributed by atoms with Crippen molar-refractivity contribution in [1.29, 1.82) is 0 Å². The molecule has 18 heavy (non-hydrogen) atoms. The highest BCUT2D eigenvalue weighted by atomic mass is 15.2. The standard InChI is InChI=1S/C14H22N4/c1-11-5-6-13-12(9-11)16-14(10-17(2)3)18(13)8-4-7-15/h5-6,9H,4,7-8,10,15H2,1-3H3. The van der Waals surface area contributed by atoms with Gasteiger partial charge in [-0.2, -0.15) is 0 Å². The maximum absolute atomic E-state index is 5.62. The molecular weight excluding hydrogens is 224 g/mol. The molecule has 0 unspecified atom stereocenters. The van der Waals surface area contributed by atoms with Crippen molar-refractivity contribution in [2.45, 2.75) is 26.4 Å². The Morgan fingerprint density at radius 2 is 2.11 bits per heavy atom. The van der Waals surface area contributed by atoms with Gasteiger partial charge in [0, 0.05) is 6.54 Å². The monoisotopic (exact) mass is 246 g/mol. The first kappa shape index (κ1) is 13.1. The minimum Gasteiger partial charge on any atom is -0.330 e. The number of hydrogen-bond acceptors (Lipinski definition) is 3. The fourth-order valence-electron chi connectivity index (χ4n) is 2.19. The van der Waals surface area contributed by atoms with Crippen LogP contribution >= 0.6 is 0 Å². The highest BCUT2D eigenvalue weighted by Gasteiger charge is 2.10. The van der Waals surface area contributed by atoms with Crippen molar-refractivity contribution < 1.29 is 0 Å². The molecule has 4 nitrogen and oxygen atoms in total. The van der Waals surface area contributed by atoms with Crippen LogP contribution in [0.5, 0.6) is 0 Å². The zero-order valence-electron chi connectivity index (χ0n) is 11.5. The van der Waals surface area contributed by atoms with Crippen molar-refractivity contribution in [2.24, 2.45) is 5.73 Å². The van der Waals surface area contributed by atoms with Gasteiger partial charge in [0.15, 0.2) is 0 Å². The molecule has 0 spiro atoms. The fourth-order valence-corrected chi connectivity index (χ4v) is 2.19. The SMILES string of the molecule is Cc1ccc2c(c1)nc(CN(C)C)n2CCCN. The molecule has 1 aromatic carbocycles. The number of nitrogens with zero attached hydrogens (tertiary/aromatic N) is 3. The number of benzene rings is 1. The molecule has 0 amide bonds. The van der Waals surface area contributed by atoms with Gasteiger partial charge >= 0.3 is 0 Å². The summed E-state index contributed by atoms with van der Waals surface area (Å²) in [5.74, 6) is 1.12. The molecule has 98 valence electrons. The molecule has 0 aliphatic carbocycles. The van der Waals surface area contributed by atoms with E-state index >= 15 is 0 Å². The normalized spacial score (nSPS) is 11.6. The van der Waals surface area contributed by atoms with Crippen LogP contribution in [0.3, 0.4) is 0 Å². The minimum absolute atomic E-state index is 0.715. The zero-order chi connectivity index (χ0) is 13.1. The molecule has 0 saturated carbocycles. The number of nitrogens with two attached hydrogens (primary N) is 1. The third-order valence-electron chi connectivity index (χ3n) is 3.03. The number of hydrogen-bond donors (Lipinski definition) is 1. The van der Waals surface area contributed by atoms with Crippen LogP contribution < -0.4 is 5.73 Å². The van der Waals surface area contributed by atoms with Crippen molar-refractivity contribution in [3.8, 4) is 0 Å². The Balaban J connectivity index is 2.45. The van der Waals surface area contributed by atoms with E-state index < -0.39 is 0 Å². The second-order valence-electron chi connectivity index (χ2n) is 5.05. The molecular formula is C14H22N4. The molecule has 2 aromatic rings. The van der Waals surface area contributed by atoms with Crippen LogP contribution in [0, 0.1) is 6.92 Å². The number of aryl methyl sites for hydroxylation is 2. The van der Waals surface area contributed by atoms with E-state index in [0.29, 0.717) is 6.54 Å². The molecule has 0 bridgehead atoms. The third kappa shape index (κ3) is 2.71. The van der Waals surface area contributed by atoms with Crippen LogP contribution in [-0.2, 0) is 13.1 Å². The summed E-state index contributed by atoms with van der Waals surface area (Å²) in [7, 11) is 4.13. The van der Waals surface area contributed by atoms with Crippen LogP contribution in [0.25, 0.3) is 11.0 Å². The Kier molecular flexibility index (Phi) is 3.99. The summed E-state index contributed by atoms with van der Waals surface area (Å²) < 4.78 is 2.29. The molecule has 0 aliphatic heterocycles. The van der Waals surface area contributed by atoms with Crippen LogP contribution in [0.15, 0.2) is 18.2 Å². The van der Waals surface area contributed by atoms with Crippen LogP contribution in [0.2, 0.25) is 0 Å². The minimum atomic E-state index is 0.715. The van der Waals surface area contributed by atoms with Crippen molar-refractivity contribution in [2.75, 3.05) is 20.6 Å². The van der Waals surface area contributed by atoms with E-state index in [2.05, 4.69) is 48.7 Å². The second-order valence-corrected chi connectivity index (χ2v) is 5.05. The van der Waals surface area contributed by atoms with Crippen molar-refractivity contribution in [1.82, 2.24) is 14.5 Å². The lowest BCUT2D eigenvalue weighted by atomic mass is 10.2. The van der Waals surface area contributed by atoms with E-state index in [1.807, 2.05) is 0 Å². The lowest BCUT2D eigenvalue weighted by Crippen LogP contribution is -2.16. The Labute approximate surface area is 108 Å². The molecule has 1 aromatic heterocycles. The van der Waals surface area contributed by atoms with Gasteiger partial charge in [-0.1, -0.05) is 6.07 Å². The van der Waals surface area contributed by atoms with E-state index in [1.54, 1.807) is 0 Å². The highest BCUT2D eigenvalue weighted by molar-refractivity contribution is 5.76. The van der Waals surface area contributed by atoms with Gasteiger partial charge in [0.1, 0.15) is 5.82 Å². The number of aromatic nitrogens is 2. The lowest BCUT2D eigenvalue weighted by molar-refractivity contribution is 0.381. The van der Waals surface area contributed by atoms with E-state index in [1.165, 1.54) is 11.1 Å². The molecule has 0 atom stereocenters. The smallest absolute Gasteiger partial charge is 0.124 e. The highest BCUT2D eigenvalue weighted by Crippen LogP contribution is 2.19. The van der Waals surface area contributed by atoms with Gasteiger partial charge in [-0.3, -0.25) is 0 Å². The maximum atomic E-state index is 5.62. The number of fused-ring (bicyclic) bond motifs is 1. The summed E-state index contributed by atoms with van der Waals surface area (Å²) >= 11 is 0. The van der Waals surface area contributed by atoms with E-state index in [9.17, 15) is 0 Å². The van der Waals surface area contributed by atoms with Gasteiger partial charge in [0.05, 0.1) is 17.6 Å². The van der Waals surface area contributed by atoms with Crippen molar-refractivity contribution >= 4 is 11.0 Å². The van der Waals surface area contributed by atoms with Gasteiger partial charge in [-0.15, -0.1) is 0 Å². The first-order valence-corrected chi connectivity index (χ1v) is 6.42. The van der Waals surface area contributed by atoms with Gasteiger partial charge in [-0.05, 0) is 51.7 Å². The molecule has 2 N–H and O–H groups in total. The Morgan fingerprint density at radius 3 is 2.78 bits per heavy atom. The fraction of sp³-hybridized carbons (Fsp3) is 0.500. The average Bonchev–Trinajstić information content (AvgIpc) is 2.62. The first-order chi connectivity index (χ1) is 8.61. The Bertz CT molecular complexity index is 528. The maximum Gasteiger partial charge on any atom is 0.124 e. The van der Waals surface area contributed by atoms with Gasteiger partial charge < -0.3 is 15.2 Å². The summed E-state index contributed by atoms with van der Waals surface area (Å²) in [6, 6.07) is 6.45. The summed E-state index contributed by atoms with van der Waals surface area (Å²) in [5.41, 5.74) is 9.17. The van der Waals surface area contributed by atoms with E-state index in [0.717, 1.165) is 30.9 Å². The topological polar surface area (TPSA) is 47.1 Å². The van der Waals surface area contributed by atoms with Crippen LogP contribution in [0.1, 0.15) is 17.8 Å². The molecule has 1 heterocycles. The molecule has 4 heteroatoms. The predicted octanol–water partition coefficient (Wildman–Crippen LogP) is 1.76. The zero-order valence-corrected chi connectivity index (χ0v) is 11.5.